The smallest absolute Gasteiger partial charge is 0.0211 e. The Morgan fingerprint density at radius 3 is 2.53 bits per heavy atom. The maximum absolute atomic E-state index is 3.36. The van der Waals surface area contributed by atoms with Crippen molar-refractivity contribution in [1.29, 1.82) is 0 Å². The van der Waals surface area contributed by atoms with E-state index in [2.05, 4.69) is 54.7 Å². The van der Waals surface area contributed by atoms with Crippen molar-refractivity contribution >= 4 is 10.8 Å². The summed E-state index contributed by atoms with van der Waals surface area (Å²) in [6.07, 6.45) is 0. The Bertz CT molecular complexity index is 420. The zero-order valence-electron chi connectivity index (χ0n) is 8.83. The minimum Gasteiger partial charge on any atom is -1.00 e. The van der Waals surface area contributed by atoms with Gasteiger partial charge < -0.3 is 17.7 Å². The molecule has 2 rings (SSSR count). The van der Waals surface area contributed by atoms with Crippen LogP contribution in [0, 0.1) is 0 Å². The minimum atomic E-state index is 0. The van der Waals surface area contributed by atoms with Crippen molar-refractivity contribution in [1.82, 2.24) is 5.32 Å². The SMILES string of the molecule is CCNCc1cccc2ccccc12.[Cl-]. The average Bonchev–Trinajstić information content (AvgIpc) is 2.26. The summed E-state index contributed by atoms with van der Waals surface area (Å²) in [4.78, 5) is 0. The molecule has 0 amide bonds. The van der Waals surface area contributed by atoms with Crippen molar-refractivity contribution < 1.29 is 12.4 Å². The van der Waals surface area contributed by atoms with E-state index in [4.69, 9.17) is 0 Å². The van der Waals surface area contributed by atoms with E-state index in [-0.39, 0.29) is 12.4 Å². The zero-order valence-corrected chi connectivity index (χ0v) is 9.59. The van der Waals surface area contributed by atoms with Crippen molar-refractivity contribution in [2.75, 3.05) is 6.54 Å². The van der Waals surface area contributed by atoms with Gasteiger partial charge in [0.25, 0.3) is 0 Å². The molecule has 0 spiro atoms. The topological polar surface area (TPSA) is 12.0 Å². The fourth-order valence-corrected chi connectivity index (χ4v) is 1.71. The third-order valence-electron chi connectivity index (χ3n) is 2.45. The molecular formula is C13H15ClN-. The lowest BCUT2D eigenvalue weighted by atomic mass is 10.0. The lowest BCUT2D eigenvalue weighted by Gasteiger charge is -2.06. The van der Waals surface area contributed by atoms with Gasteiger partial charge in [0.05, 0.1) is 0 Å². The molecular weight excluding hydrogens is 206 g/mol. The van der Waals surface area contributed by atoms with Crippen LogP contribution in [-0.4, -0.2) is 6.54 Å². The molecule has 0 fully saturated rings. The number of benzene rings is 2. The van der Waals surface area contributed by atoms with Crippen molar-refractivity contribution in [3.05, 3.63) is 48.0 Å². The summed E-state index contributed by atoms with van der Waals surface area (Å²) in [5.41, 5.74) is 1.38. The Kier molecular flexibility index (Phi) is 4.60. The summed E-state index contributed by atoms with van der Waals surface area (Å²) in [7, 11) is 0. The molecule has 0 saturated carbocycles. The van der Waals surface area contributed by atoms with Gasteiger partial charge in [-0.3, -0.25) is 0 Å². The first-order valence-electron chi connectivity index (χ1n) is 5.09. The fraction of sp³-hybridized carbons (Fsp3) is 0.231. The molecule has 0 radical (unpaired) electrons. The summed E-state index contributed by atoms with van der Waals surface area (Å²) in [5, 5.41) is 6.04. The van der Waals surface area contributed by atoms with Gasteiger partial charge in [0.2, 0.25) is 0 Å². The van der Waals surface area contributed by atoms with E-state index in [0.29, 0.717) is 0 Å². The van der Waals surface area contributed by atoms with Crippen LogP contribution in [0.4, 0.5) is 0 Å². The third-order valence-corrected chi connectivity index (χ3v) is 2.45. The Hall–Kier alpha value is -1.05. The van der Waals surface area contributed by atoms with Gasteiger partial charge in [0, 0.05) is 6.54 Å². The van der Waals surface area contributed by atoms with Crippen LogP contribution in [0.3, 0.4) is 0 Å². The van der Waals surface area contributed by atoms with Gasteiger partial charge in [0.15, 0.2) is 0 Å². The number of fused-ring (bicyclic) bond motifs is 1. The van der Waals surface area contributed by atoms with Crippen LogP contribution in [0.2, 0.25) is 0 Å². The second-order valence-corrected chi connectivity index (χ2v) is 3.42. The van der Waals surface area contributed by atoms with E-state index < -0.39 is 0 Å². The third kappa shape index (κ3) is 2.71. The quantitative estimate of drug-likeness (QED) is 0.765. The Morgan fingerprint density at radius 2 is 1.73 bits per heavy atom. The zero-order chi connectivity index (χ0) is 9.80. The van der Waals surface area contributed by atoms with Gasteiger partial charge in [-0.1, -0.05) is 49.4 Å². The summed E-state index contributed by atoms with van der Waals surface area (Å²) >= 11 is 0. The lowest BCUT2D eigenvalue weighted by molar-refractivity contribution is -0.00000286. The van der Waals surface area contributed by atoms with Crippen LogP contribution in [0.25, 0.3) is 10.8 Å². The van der Waals surface area contributed by atoms with Crippen molar-refractivity contribution in [3.63, 3.8) is 0 Å². The molecule has 0 saturated heterocycles. The number of rotatable bonds is 3. The van der Waals surface area contributed by atoms with Crippen molar-refractivity contribution in [2.45, 2.75) is 13.5 Å². The number of nitrogens with one attached hydrogen (secondary N) is 1. The Labute approximate surface area is 96.9 Å². The molecule has 0 bridgehead atoms. The first-order chi connectivity index (χ1) is 6.92. The highest BCUT2D eigenvalue weighted by Crippen LogP contribution is 2.17. The van der Waals surface area contributed by atoms with E-state index in [1.165, 1.54) is 16.3 Å². The number of hydrogen-bond acceptors (Lipinski definition) is 1. The highest BCUT2D eigenvalue weighted by atomic mass is 35.5. The summed E-state index contributed by atoms with van der Waals surface area (Å²) < 4.78 is 0. The highest BCUT2D eigenvalue weighted by Gasteiger charge is 1.97. The monoisotopic (exact) mass is 220 g/mol. The van der Waals surface area contributed by atoms with Crippen LogP contribution in [0.1, 0.15) is 12.5 Å². The Morgan fingerprint density at radius 1 is 1.00 bits per heavy atom. The largest absolute Gasteiger partial charge is 1.00 e. The molecule has 15 heavy (non-hydrogen) atoms. The molecule has 0 unspecified atom stereocenters. The minimum absolute atomic E-state index is 0. The molecule has 2 aromatic carbocycles. The summed E-state index contributed by atoms with van der Waals surface area (Å²) in [6.45, 7) is 4.10. The van der Waals surface area contributed by atoms with Crippen LogP contribution < -0.4 is 17.7 Å². The van der Waals surface area contributed by atoms with E-state index in [1.807, 2.05) is 0 Å². The van der Waals surface area contributed by atoms with Crippen molar-refractivity contribution in [2.24, 2.45) is 0 Å². The fourth-order valence-electron chi connectivity index (χ4n) is 1.71. The van der Waals surface area contributed by atoms with Crippen molar-refractivity contribution in [3.8, 4) is 0 Å². The molecule has 0 aliphatic carbocycles. The molecule has 2 heteroatoms. The molecule has 0 aromatic heterocycles. The molecule has 2 aromatic rings. The van der Waals surface area contributed by atoms with Gasteiger partial charge in [0.1, 0.15) is 0 Å². The molecule has 0 atom stereocenters. The lowest BCUT2D eigenvalue weighted by Crippen LogP contribution is -3.00. The molecule has 0 aliphatic rings. The summed E-state index contributed by atoms with van der Waals surface area (Å²) in [5.74, 6) is 0. The van der Waals surface area contributed by atoms with Crippen LogP contribution in [-0.2, 0) is 6.54 Å². The second-order valence-electron chi connectivity index (χ2n) is 3.42. The van der Waals surface area contributed by atoms with Crippen LogP contribution in [0.15, 0.2) is 42.5 Å². The van der Waals surface area contributed by atoms with Gasteiger partial charge in [-0.05, 0) is 22.9 Å². The van der Waals surface area contributed by atoms with E-state index in [9.17, 15) is 0 Å². The normalized spacial score (nSPS) is 9.93. The van der Waals surface area contributed by atoms with E-state index in [0.717, 1.165) is 13.1 Å². The first-order valence-corrected chi connectivity index (χ1v) is 5.09. The molecule has 80 valence electrons. The maximum Gasteiger partial charge on any atom is 0.0211 e. The van der Waals surface area contributed by atoms with Gasteiger partial charge >= 0.3 is 0 Å². The van der Waals surface area contributed by atoms with Crippen LogP contribution in [0.5, 0.6) is 0 Å². The molecule has 1 nitrogen and oxygen atoms in total. The number of hydrogen-bond donors (Lipinski definition) is 1. The standard InChI is InChI=1S/C13H15N.ClH/c1-2-14-10-12-8-5-7-11-6-3-4-9-13(11)12;/h3-9,14H,2,10H2,1H3;1H/p-1. The van der Waals surface area contributed by atoms with E-state index >= 15 is 0 Å². The van der Waals surface area contributed by atoms with Gasteiger partial charge in [-0.15, -0.1) is 0 Å². The first kappa shape index (κ1) is 12.0. The van der Waals surface area contributed by atoms with Crippen LogP contribution >= 0.6 is 0 Å². The van der Waals surface area contributed by atoms with Gasteiger partial charge in [-0.25, -0.2) is 0 Å². The molecule has 0 aliphatic heterocycles. The molecule has 1 N–H and O–H groups in total. The average molecular weight is 221 g/mol. The molecule has 0 heterocycles. The maximum atomic E-state index is 3.36. The number of halogens is 1. The second kappa shape index (κ2) is 5.74. The Balaban J connectivity index is 0.00000112. The van der Waals surface area contributed by atoms with Gasteiger partial charge in [-0.2, -0.15) is 0 Å². The summed E-state index contributed by atoms with van der Waals surface area (Å²) in [6, 6.07) is 15.0. The predicted molar refractivity (Wildman–Crippen MR) is 61.3 cm³/mol. The van der Waals surface area contributed by atoms with E-state index in [1.54, 1.807) is 0 Å². The predicted octanol–water partition coefficient (Wildman–Crippen LogP) is -0.0467. The highest BCUT2D eigenvalue weighted by molar-refractivity contribution is 5.85.